The number of hydrogen-bond acceptors (Lipinski definition) is 3. The van der Waals surface area contributed by atoms with Crippen LogP contribution < -0.4 is 4.74 Å². The number of piperidine rings is 1. The first-order valence-electron chi connectivity index (χ1n) is 12.6. The number of amides is 1. The van der Waals surface area contributed by atoms with Gasteiger partial charge in [-0.1, -0.05) is 24.3 Å². The Morgan fingerprint density at radius 3 is 2.70 bits per heavy atom. The summed E-state index contributed by atoms with van der Waals surface area (Å²) in [5, 5.41) is 9.93. The van der Waals surface area contributed by atoms with E-state index in [1.165, 1.54) is 5.57 Å². The largest absolute Gasteiger partial charge is 0.496 e. The SMILES string of the molecule is [2H]C([2H])([2H])Oc1cc(C)c2[nH]ccc2c1C(=O)N1CCC2(CC(=C)C2)C[C@H]1c1ccc(C(=O)O)cc1. The van der Waals surface area contributed by atoms with E-state index in [1.807, 2.05) is 6.92 Å². The number of carboxylic acid groups (broad SMARTS) is 1. The first-order chi connectivity index (χ1) is 17.0. The Kier molecular flexibility index (Phi) is 4.24. The molecule has 1 saturated heterocycles. The van der Waals surface area contributed by atoms with E-state index < -0.39 is 13.0 Å². The second-order valence-corrected chi connectivity index (χ2v) is 9.43. The third kappa shape index (κ3) is 3.50. The van der Waals surface area contributed by atoms with Crippen molar-refractivity contribution in [1.29, 1.82) is 0 Å². The number of aromatic amines is 1. The lowest BCUT2D eigenvalue weighted by Gasteiger charge is -2.52. The molecule has 2 heterocycles. The van der Waals surface area contributed by atoms with Crippen LogP contribution >= 0.6 is 0 Å². The van der Waals surface area contributed by atoms with Gasteiger partial charge in [-0.3, -0.25) is 4.79 Å². The third-order valence-electron chi connectivity index (χ3n) is 7.27. The summed E-state index contributed by atoms with van der Waals surface area (Å²) in [5.74, 6) is -1.29. The number of aromatic carboxylic acids is 1. The highest BCUT2D eigenvalue weighted by Crippen LogP contribution is 2.56. The lowest BCUT2D eigenvalue weighted by Crippen LogP contribution is -2.48. The minimum Gasteiger partial charge on any atom is -0.496 e. The molecule has 5 rings (SSSR count). The number of ether oxygens (including phenoxy) is 1. The quantitative estimate of drug-likeness (QED) is 0.518. The number of rotatable bonds is 4. The number of carboxylic acids is 1. The molecule has 0 bridgehead atoms. The van der Waals surface area contributed by atoms with Crippen LogP contribution in [0.25, 0.3) is 10.9 Å². The number of benzene rings is 2. The summed E-state index contributed by atoms with van der Waals surface area (Å²) in [4.78, 5) is 30.5. The minimum absolute atomic E-state index is 0.0295. The zero-order valence-corrected chi connectivity index (χ0v) is 18.5. The highest BCUT2D eigenvalue weighted by Gasteiger charge is 2.47. The van der Waals surface area contributed by atoms with Crippen molar-refractivity contribution in [2.45, 2.75) is 38.6 Å². The summed E-state index contributed by atoms with van der Waals surface area (Å²) in [6, 6.07) is 9.71. The number of nitrogens with one attached hydrogen (secondary N) is 1. The second kappa shape index (κ2) is 7.80. The van der Waals surface area contributed by atoms with Gasteiger partial charge in [-0.25, -0.2) is 4.79 Å². The minimum atomic E-state index is -2.71. The fourth-order valence-electron chi connectivity index (χ4n) is 5.68. The predicted molar refractivity (Wildman–Crippen MR) is 127 cm³/mol. The molecule has 1 amide bonds. The van der Waals surface area contributed by atoms with E-state index in [0.29, 0.717) is 11.9 Å². The summed E-state index contributed by atoms with van der Waals surface area (Å²) in [5.41, 5.74) is 4.05. The monoisotopic (exact) mass is 447 g/mol. The molecule has 0 unspecified atom stereocenters. The lowest BCUT2D eigenvalue weighted by molar-refractivity contribution is 0.0198. The Bertz CT molecular complexity index is 1370. The molecule has 1 spiro atoms. The van der Waals surface area contributed by atoms with Gasteiger partial charge in [-0.2, -0.15) is 0 Å². The normalized spacial score (nSPS) is 21.2. The van der Waals surface area contributed by atoms with Crippen LogP contribution in [0.3, 0.4) is 0 Å². The molecule has 1 aromatic heterocycles. The molecule has 1 aliphatic carbocycles. The van der Waals surface area contributed by atoms with Gasteiger partial charge in [-0.05, 0) is 73.4 Å². The fourth-order valence-corrected chi connectivity index (χ4v) is 5.68. The number of aromatic nitrogens is 1. The Morgan fingerprint density at radius 1 is 1.27 bits per heavy atom. The Morgan fingerprint density at radius 2 is 2.03 bits per heavy atom. The van der Waals surface area contributed by atoms with Crippen LogP contribution in [0.4, 0.5) is 0 Å². The molecule has 6 nitrogen and oxygen atoms in total. The number of fused-ring (bicyclic) bond motifs is 1. The number of allylic oxidation sites excluding steroid dienone is 1. The number of likely N-dealkylation sites (tertiary alicyclic amines) is 1. The molecular weight excluding hydrogens is 416 g/mol. The number of aryl methyl sites for hydroxylation is 1. The molecule has 2 aromatic carbocycles. The highest BCUT2D eigenvalue weighted by molar-refractivity contribution is 6.09. The van der Waals surface area contributed by atoms with Gasteiger partial charge < -0.3 is 19.7 Å². The number of carbonyl (C=O) groups is 2. The lowest BCUT2D eigenvalue weighted by atomic mass is 9.59. The average molecular weight is 448 g/mol. The van der Waals surface area contributed by atoms with Gasteiger partial charge >= 0.3 is 5.97 Å². The predicted octanol–water partition coefficient (Wildman–Crippen LogP) is 5.50. The molecule has 33 heavy (non-hydrogen) atoms. The van der Waals surface area contributed by atoms with Crippen molar-refractivity contribution in [2.24, 2.45) is 5.41 Å². The van der Waals surface area contributed by atoms with Gasteiger partial charge in [0.25, 0.3) is 5.91 Å². The average Bonchev–Trinajstić information content (AvgIpc) is 3.27. The van der Waals surface area contributed by atoms with Gasteiger partial charge in [0.2, 0.25) is 0 Å². The van der Waals surface area contributed by atoms with Crippen LogP contribution in [0.15, 0.2) is 54.7 Å². The molecular formula is C27H28N2O4. The third-order valence-corrected chi connectivity index (χ3v) is 7.27. The van der Waals surface area contributed by atoms with Gasteiger partial charge in [-0.15, -0.1) is 0 Å². The Labute approximate surface area is 197 Å². The van der Waals surface area contributed by atoms with Crippen LogP contribution in [0.2, 0.25) is 0 Å². The van der Waals surface area contributed by atoms with Gasteiger partial charge in [0.05, 0.1) is 28.3 Å². The molecule has 3 aromatic rings. The van der Waals surface area contributed by atoms with Crippen molar-refractivity contribution in [3.63, 3.8) is 0 Å². The first-order valence-corrected chi connectivity index (χ1v) is 11.1. The maximum atomic E-state index is 14.2. The number of methoxy groups -OCH3 is 1. The van der Waals surface area contributed by atoms with Crippen molar-refractivity contribution in [3.8, 4) is 5.75 Å². The fraction of sp³-hybridized carbons (Fsp3) is 0.333. The molecule has 1 saturated carbocycles. The van der Waals surface area contributed by atoms with Crippen molar-refractivity contribution in [1.82, 2.24) is 9.88 Å². The van der Waals surface area contributed by atoms with E-state index in [0.717, 1.165) is 42.3 Å². The van der Waals surface area contributed by atoms with Crippen molar-refractivity contribution >= 4 is 22.8 Å². The number of H-pyrrole nitrogens is 1. The molecule has 170 valence electrons. The topological polar surface area (TPSA) is 82.6 Å². The smallest absolute Gasteiger partial charge is 0.335 e. The Hall–Kier alpha value is -3.54. The van der Waals surface area contributed by atoms with Crippen LogP contribution in [-0.4, -0.2) is 40.4 Å². The molecule has 2 fully saturated rings. The van der Waals surface area contributed by atoms with E-state index in [1.54, 1.807) is 47.5 Å². The second-order valence-electron chi connectivity index (χ2n) is 9.43. The molecule has 1 atom stereocenters. The molecule has 1 aliphatic heterocycles. The van der Waals surface area contributed by atoms with Gasteiger partial charge in [0.1, 0.15) is 5.75 Å². The van der Waals surface area contributed by atoms with Gasteiger partial charge in [0.15, 0.2) is 0 Å². The van der Waals surface area contributed by atoms with Crippen LogP contribution in [0, 0.1) is 12.3 Å². The zero-order valence-electron chi connectivity index (χ0n) is 21.5. The molecule has 2 aliphatic rings. The standard InChI is InChI=1S/C27H28N2O4/c1-16-13-27(14-16)9-11-29(21(15-27)18-4-6-19(7-5-18)26(31)32)25(30)23-20-8-10-28-24(20)17(2)12-22(23)33-3/h4-8,10,12,21,28H,1,9,11,13-15H2,2-3H3,(H,31,32)/t21-/m0/s1/i3D3. The summed E-state index contributed by atoms with van der Waals surface area (Å²) in [6.45, 7) is 6.43. The molecule has 6 heteroatoms. The van der Waals surface area contributed by atoms with E-state index in [-0.39, 0.29) is 34.2 Å². The van der Waals surface area contributed by atoms with E-state index in [2.05, 4.69) is 11.6 Å². The van der Waals surface area contributed by atoms with E-state index >= 15 is 0 Å². The zero-order chi connectivity index (χ0) is 25.8. The summed E-state index contributed by atoms with van der Waals surface area (Å²) in [6.07, 6.45) is 5.10. The maximum absolute atomic E-state index is 14.2. The van der Waals surface area contributed by atoms with Crippen molar-refractivity contribution < 1.29 is 23.5 Å². The van der Waals surface area contributed by atoms with Crippen molar-refractivity contribution in [2.75, 3.05) is 13.6 Å². The van der Waals surface area contributed by atoms with Gasteiger partial charge in [0, 0.05) is 23.6 Å². The van der Waals surface area contributed by atoms with E-state index in [4.69, 9.17) is 8.85 Å². The van der Waals surface area contributed by atoms with Crippen LogP contribution in [0.5, 0.6) is 5.75 Å². The number of nitrogens with zero attached hydrogens (tertiary/aromatic N) is 1. The molecule has 0 radical (unpaired) electrons. The maximum Gasteiger partial charge on any atom is 0.335 e. The van der Waals surface area contributed by atoms with Crippen LogP contribution in [-0.2, 0) is 0 Å². The van der Waals surface area contributed by atoms with Crippen LogP contribution in [0.1, 0.15) is 67.7 Å². The Balaban J connectivity index is 1.59. The summed E-state index contributed by atoms with van der Waals surface area (Å²) in [7, 11) is -2.71. The van der Waals surface area contributed by atoms with Crippen molar-refractivity contribution in [3.05, 3.63) is 77.0 Å². The first kappa shape index (κ1) is 18.0. The van der Waals surface area contributed by atoms with E-state index in [9.17, 15) is 14.7 Å². The summed E-state index contributed by atoms with van der Waals surface area (Å²) >= 11 is 0. The number of carbonyl (C=O) groups excluding carboxylic acids is 1. The molecule has 2 N–H and O–H groups in total. The summed E-state index contributed by atoms with van der Waals surface area (Å²) < 4.78 is 28.3. The highest BCUT2D eigenvalue weighted by atomic mass is 16.5. The number of hydrogen-bond donors (Lipinski definition) is 2.